The topological polar surface area (TPSA) is 108 Å². The van der Waals surface area contributed by atoms with Gasteiger partial charge in [0.15, 0.2) is 6.10 Å². The lowest BCUT2D eigenvalue weighted by Crippen LogP contribution is -2.37. The third kappa shape index (κ3) is 55.6. The predicted octanol–water partition coefficient (Wildman–Crippen LogP) is 17.2. The van der Waals surface area contributed by atoms with E-state index in [1.165, 1.54) is 70.6 Å². The van der Waals surface area contributed by atoms with Gasteiger partial charge in [0.05, 0.1) is 27.7 Å². The molecule has 0 aliphatic carbocycles. The van der Waals surface area contributed by atoms with Crippen LogP contribution in [0.4, 0.5) is 0 Å². The third-order valence-corrected chi connectivity index (χ3v) is 12.2. The van der Waals surface area contributed by atoms with Gasteiger partial charge in [-0.25, -0.2) is 4.57 Å². The minimum Gasteiger partial charge on any atom is -0.462 e. The smallest absolute Gasteiger partial charge is 0.462 e. The summed E-state index contributed by atoms with van der Waals surface area (Å²) in [6.45, 7) is 4.23. The fourth-order valence-corrected chi connectivity index (χ4v) is 7.69. The van der Waals surface area contributed by atoms with Crippen LogP contribution in [0.2, 0.25) is 0 Å². The Hall–Kier alpha value is -3.59. The Balaban J connectivity index is 4.36. The zero-order valence-corrected chi connectivity index (χ0v) is 46.6. The molecule has 0 amide bonds. The van der Waals surface area contributed by atoms with Crippen molar-refractivity contribution < 1.29 is 42.1 Å². The number of likely N-dealkylation sites (N-methyl/N-ethyl adjacent to an activating group) is 1. The Labute approximate surface area is 435 Å². The summed E-state index contributed by atoms with van der Waals surface area (Å²) in [5.74, 6) is -0.881. The number of rotatable bonds is 49. The second-order valence-electron chi connectivity index (χ2n) is 19.2. The first-order valence-corrected chi connectivity index (χ1v) is 29.3. The van der Waals surface area contributed by atoms with Crippen LogP contribution in [-0.4, -0.2) is 74.9 Å². The summed E-state index contributed by atoms with van der Waals surface area (Å²) in [5, 5.41) is 0. The number of allylic oxidation sites excluding steroid dienone is 20. The van der Waals surface area contributed by atoms with Crippen LogP contribution in [0.15, 0.2) is 122 Å². The molecule has 0 fully saturated rings. The van der Waals surface area contributed by atoms with Crippen molar-refractivity contribution in [2.45, 2.75) is 206 Å². The zero-order valence-electron chi connectivity index (χ0n) is 45.7. The number of quaternary nitrogens is 1. The molecule has 0 saturated carbocycles. The van der Waals surface area contributed by atoms with Gasteiger partial charge < -0.3 is 18.9 Å². The lowest BCUT2D eigenvalue weighted by Gasteiger charge is -2.24. The van der Waals surface area contributed by atoms with Gasteiger partial charge in [-0.3, -0.25) is 18.6 Å². The van der Waals surface area contributed by atoms with Gasteiger partial charge in [0, 0.05) is 12.8 Å². The molecule has 0 aliphatic rings. The molecule has 71 heavy (non-hydrogen) atoms. The van der Waals surface area contributed by atoms with E-state index in [9.17, 15) is 19.0 Å². The first-order chi connectivity index (χ1) is 34.5. The molecule has 404 valence electrons. The Bertz CT molecular complexity index is 1610. The van der Waals surface area contributed by atoms with E-state index in [2.05, 4.69) is 129 Å². The summed E-state index contributed by atoms with van der Waals surface area (Å²) in [6, 6.07) is 0. The molecule has 0 aromatic heterocycles. The molecule has 0 aliphatic heterocycles. The quantitative estimate of drug-likeness (QED) is 0.0211. The molecule has 10 heteroatoms. The monoisotopic (exact) mass is 1010 g/mol. The van der Waals surface area contributed by atoms with E-state index in [0.717, 1.165) is 89.9 Å². The van der Waals surface area contributed by atoms with Crippen molar-refractivity contribution >= 4 is 19.8 Å². The second-order valence-corrected chi connectivity index (χ2v) is 20.7. The van der Waals surface area contributed by atoms with Crippen molar-refractivity contribution in [2.75, 3.05) is 47.5 Å². The summed E-state index contributed by atoms with van der Waals surface area (Å²) in [7, 11) is 1.42. The predicted molar refractivity (Wildman–Crippen MR) is 302 cm³/mol. The van der Waals surface area contributed by atoms with E-state index in [1.54, 1.807) is 0 Å². The summed E-state index contributed by atoms with van der Waals surface area (Å²) in [5.41, 5.74) is 0. The van der Waals surface area contributed by atoms with Gasteiger partial charge in [0.25, 0.3) is 0 Å². The SMILES string of the molecule is CC/C=C\C/C=C\C/C=C\C/C=C\C/C=C\C/C=C\C/C=C\C/C=C\C/C=C\CCCC(=O)OC(COC(=O)CCCCCCCCC/C=C\CCCCCCCCC)COP(=O)(O)OCC[N+](C)(C)C. The summed E-state index contributed by atoms with van der Waals surface area (Å²) < 4.78 is 34.4. The summed E-state index contributed by atoms with van der Waals surface area (Å²) >= 11 is 0. The average molecular weight is 1010 g/mol. The average Bonchev–Trinajstić information content (AvgIpc) is 3.33. The van der Waals surface area contributed by atoms with Crippen LogP contribution in [0.25, 0.3) is 0 Å². The highest BCUT2D eigenvalue weighted by Crippen LogP contribution is 2.43. The molecule has 2 atom stereocenters. The zero-order chi connectivity index (χ0) is 52.0. The highest BCUT2D eigenvalue weighted by Gasteiger charge is 2.27. The molecular weight excluding hydrogens is 906 g/mol. The summed E-state index contributed by atoms with van der Waals surface area (Å²) in [6.07, 6.45) is 72.7. The number of ether oxygens (including phenoxy) is 2. The molecule has 0 aromatic carbocycles. The maximum atomic E-state index is 12.8. The van der Waals surface area contributed by atoms with E-state index < -0.39 is 32.5 Å². The normalized spacial score (nSPS) is 14.3. The minimum absolute atomic E-state index is 0.0134. The molecular formula is C61H103NO8P+. The lowest BCUT2D eigenvalue weighted by molar-refractivity contribution is -0.870. The van der Waals surface area contributed by atoms with Gasteiger partial charge >= 0.3 is 19.8 Å². The van der Waals surface area contributed by atoms with E-state index >= 15 is 0 Å². The molecule has 0 rings (SSSR count). The molecule has 0 radical (unpaired) electrons. The minimum atomic E-state index is -4.41. The van der Waals surface area contributed by atoms with Crippen LogP contribution >= 0.6 is 7.82 Å². The maximum absolute atomic E-state index is 12.8. The van der Waals surface area contributed by atoms with E-state index in [-0.39, 0.29) is 26.1 Å². The van der Waals surface area contributed by atoms with Gasteiger partial charge in [0.1, 0.15) is 19.8 Å². The maximum Gasteiger partial charge on any atom is 0.472 e. The number of nitrogens with zero attached hydrogens (tertiary/aromatic N) is 1. The number of hydrogen-bond acceptors (Lipinski definition) is 7. The fourth-order valence-electron chi connectivity index (χ4n) is 6.95. The van der Waals surface area contributed by atoms with Gasteiger partial charge in [-0.2, -0.15) is 0 Å². The van der Waals surface area contributed by atoms with Crippen LogP contribution in [0.3, 0.4) is 0 Å². The van der Waals surface area contributed by atoms with Crippen molar-refractivity contribution in [2.24, 2.45) is 0 Å². The number of carbonyl (C=O) groups excluding carboxylic acids is 2. The Morgan fingerprint density at radius 2 is 0.817 bits per heavy atom. The largest absolute Gasteiger partial charge is 0.472 e. The molecule has 0 aromatic rings. The molecule has 0 heterocycles. The van der Waals surface area contributed by atoms with E-state index in [1.807, 2.05) is 27.2 Å². The number of unbranched alkanes of at least 4 members (excludes halogenated alkanes) is 15. The number of phosphoric ester groups is 1. The van der Waals surface area contributed by atoms with E-state index in [0.29, 0.717) is 23.9 Å². The third-order valence-electron chi connectivity index (χ3n) is 11.2. The Kier molecular flexibility index (Phi) is 48.7. The Morgan fingerprint density at radius 1 is 0.451 bits per heavy atom. The first-order valence-electron chi connectivity index (χ1n) is 27.8. The van der Waals surface area contributed by atoms with Crippen LogP contribution < -0.4 is 0 Å². The van der Waals surface area contributed by atoms with Gasteiger partial charge in [0.2, 0.25) is 0 Å². The van der Waals surface area contributed by atoms with Gasteiger partial charge in [-0.15, -0.1) is 0 Å². The Morgan fingerprint density at radius 3 is 1.25 bits per heavy atom. The standard InChI is InChI=1S/C61H102NO8P/c1-6-8-10-12-14-16-18-20-22-24-26-27-28-29-30-31-32-33-34-35-36-38-40-42-44-46-48-50-52-54-61(64)70-59(58-69-71(65,66)68-56-55-62(3,4)5)57-67-60(63)53-51-49-47-45-43-41-39-37-25-23-21-19-17-15-13-11-9-7-2/h8,10,14,16,20,22-23,25-27,29-30,32-33,35-36,40,42,46,48,59H,6-7,9,11-13,15,17-19,21,24,28,31,34,37-39,41,43-45,47,49-58H2,1-5H3/p+1/b10-8-,16-14-,22-20-,25-23-,27-26-,30-29-,33-32-,36-35-,42-40-,48-46-. The van der Waals surface area contributed by atoms with Crippen LogP contribution in [0.1, 0.15) is 200 Å². The second kappa shape index (κ2) is 51.3. The highest BCUT2D eigenvalue weighted by molar-refractivity contribution is 7.47. The number of esters is 2. The highest BCUT2D eigenvalue weighted by atomic mass is 31.2. The van der Waals surface area contributed by atoms with Crippen LogP contribution in [0, 0.1) is 0 Å². The summed E-state index contributed by atoms with van der Waals surface area (Å²) in [4.78, 5) is 35.6. The van der Waals surface area contributed by atoms with Crippen molar-refractivity contribution in [3.63, 3.8) is 0 Å². The van der Waals surface area contributed by atoms with E-state index in [4.69, 9.17) is 18.5 Å². The molecule has 0 bridgehead atoms. The first kappa shape index (κ1) is 67.4. The van der Waals surface area contributed by atoms with Crippen molar-refractivity contribution in [1.82, 2.24) is 0 Å². The molecule has 2 unspecified atom stereocenters. The molecule has 1 N–H and O–H groups in total. The van der Waals surface area contributed by atoms with Gasteiger partial charge in [-0.05, 0) is 103 Å². The lowest BCUT2D eigenvalue weighted by atomic mass is 10.1. The molecule has 0 saturated heterocycles. The molecule has 9 nitrogen and oxygen atoms in total. The number of hydrogen-bond donors (Lipinski definition) is 1. The van der Waals surface area contributed by atoms with Crippen molar-refractivity contribution in [1.29, 1.82) is 0 Å². The van der Waals surface area contributed by atoms with Crippen LogP contribution in [0.5, 0.6) is 0 Å². The number of phosphoric acid groups is 1. The van der Waals surface area contributed by atoms with Crippen molar-refractivity contribution in [3.05, 3.63) is 122 Å². The molecule has 0 spiro atoms. The van der Waals surface area contributed by atoms with Gasteiger partial charge in [-0.1, -0.05) is 206 Å². The fraction of sp³-hybridized carbons (Fsp3) is 0.639. The van der Waals surface area contributed by atoms with Crippen LogP contribution in [-0.2, 0) is 32.7 Å². The number of carbonyl (C=O) groups is 2. The van der Waals surface area contributed by atoms with Crippen molar-refractivity contribution in [3.8, 4) is 0 Å².